The van der Waals surface area contributed by atoms with Crippen LogP contribution < -0.4 is 0 Å². The van der Waals surface area contributed by atoms with Gasteiger partial charge in [-0.3, -0.25) is 4.68 Å². The topological polar surface area (TPSA) is 41.6 Å². The van der Waals surface area contributed by atoms with E-state index in [0.717, 1.165) is 16.6 Å². The van der Waals surface area contributed by atoms with Gasteiger partial charge in [0.15, 0.2) is 0 Å². The summed E-state index contributed by atoms with van der Waals surface area (Å²) in [7, 11) is 1.93. The molecule has 0 N–H and O–H groups in total. The summed E-state index contributed by atoms with van der Waals surface area (Å²) in [5, 5.41) is 14.5. The second-order valence-electron chi connectivity index (χ2n) is 5.35. The van der Waals surface area contributed by atoms with Crippen molar-refractivity contribution in [1.82, 2.24) is 9.78 Å². The Hall–Kier alpha value is -1.82. The number of aromatic nitrogens is 2. The van der Waals surface area contributed by atoms with E-state index in [0.29, 0.717) is 6.42 Å². The largest absolute Gasteiger partial charge is 0.268 e. The van der Waals surface area contributed by atoms with E-state index in [1.807, 2.05) is 11.7 Å². The van der Waals surface area contributed by atoms with Crippen molar-refractivity contribution in [1.29, 1.82) is 5.26 Å². The number of hydrogen-bond acceptors (Lipinski definition) is 2. The SMILES string of the molecule is Cn1nc(CC#N)c2c(C(C)(C)C)cccc21. The van der Waals surface area contributed by atoms with Crippen molar-refractivity contribution in [3.63, 3.8) is 0 Å². The monoisotopic (exact) mass is 227 g/mol. The average molecular weight is 227 g/mol. The summed E-state index contributed by atoms with van der Waals surface area (Å²) < 4.78 is 1.86. The number of hydrogen-bond donors (Lipinski definition) is 0. The van der Waals surface area contributed by atoms with Crippen molar-refractivity contribution in [2.45, 2.75) is 32.6 Å². The lowest BCUT2D eigenvalue weighted by atomic mass is 9.84. The smallest absolute Gasteiger partial charge is 0.0846 e. The van der Waals surface area contributed by atoms with Gasteiger partial charge in [0.05, 0.1) is 23.7 Å². The highest BCUT2D eigenvalue weighted by atomic mass is 15.3. The molecule has 17 heavy (non-hydrogen) atoms. The zero-order valence-corrected chi connectivity index (χ0v) is 10.8. The van der Waals surface area contributed by atoms with Gasteiger partial charge in [-0.2, -0.15) is 10.4 Å². The van der Waals surface area contributed by atoms with Gasteiger partial charge in [0.1, 0.15) is 0 Å². The van der Waals surface area contributed by atoms with E-state index in [-0.39, 0.29) is 5.41 Å². The van der Waals surface area contributed by atoms with Gasteiger partial charge < -0.3 is 0 Å². The van der Waals surface area contributed by atoms with E-state index < -0.39 is 0 Å². The maximum atomic E-state index is 8.88. The third-order valence-corrected chi connectivity index (χ3v) is 3.00. The third kappa shape index (κ3) is 1.91. The molecule has 0 bridgehead atoms. The predicted octanol–water partition coefficient (Wildman–Crippen LogP) is 2.94. The molecular formula is C14H17N3. The fourth-order valence-corrected chi connectivity index (χ4v) is 2.22. The Labute approximate surface area is 102 Å². The standard InChI is InChI=1S/C14H17N3/c1-14(2,3)10-6-5-7-12-13(10)11(8-9-15)16-17(12)4/h5-7H,8H2,1-4H3. The molecule has 3 heteroatoms. The Kier molecular flexibility index (Phi) is 2.66. The van der Waals surface area contributed by atoms with Crippen LogP contribution in [0.5, 0.6) is 0 Å². The summed E-state index contributed by atoms with van der Waals surface area (Å²) in [4.78, 5) is 0. The van der Waals surface area contributed by atoms with Crippen LogP contribution in [0.2, 0.25) is 0 Å². The fraction of sp³-hybridized carbons (Fsp3) is 0.429. The maximum absolute atomic E-state index is 8.88. The number of rotatable bonds is 1. The van der Waals surface area contributed by atoms with Gasteiger partial charge in [-0.1, -0.05) is 32.9 Å². The molecule has 0 aliphatic rings. The molecule has 0 aliphatic carbocycles. The van der Waals surface area contributed by atoms with Crippen LogP contribution in [0.1, 0.15) is 32.0 Å². The van der Waals surface area contributed by atoms with E-state index in [1.54, 1.807) is 0 Å². The van der Waals surface area contributed by atoms with Crippen LogP contribution >= 0.6 is 0 Å². The zero-order valence-electron chi connectivity index (χ0n) is 10.8. The Bertz CT molecular complexity index is 594. The molecule has 0 unspecified atom stereocenters. The van der Waals surface area contributed by atoms with Crippen LogP contribution in [0.15, 0.2) is 18.2 Å². The number of benzene rings is 1. The van der Waals surface area contributed by atoms with Gasteiger partial charge in [0, 0.05) is 12.4 Å². The quantitative estimate of drug-likeness (QED) is 0.751. The summed E-state index contributed by atoms with van der Waals surface area (Å²) in [6, 6.07) is 8.43. The minimum atomic E-state index is 0.0623. The van der Waals surface area contributed by atoms with Crippen LogP contribution in [0.4, 0.5) is 0 Å². The molecule has 2 aromatic rings. The second kappa shape index (κ2) is 3.89. The molecule has 0 radical (unpaired) electrons. The molecule has 3 nitrogen and oxygen atoms in total. The van der Waals surface area contributed by atoms with E-state index in [4.69, 9.17) is 5.26 Å². The molecule has 0 fully saturated rings. The van der Waals surface area contributed by atoms with Gasteiger partial charge in [-0.25, -0.2) is 0 Å². The van der Waals surface area contributed by atoms with E-state index in [9.17, 15) is 0 Å². The molecule has 0 saturated heterocycles. The van der Waals surface area contributed by atoms with Crippen molar-refractivity contribution in [2.75, 3.05) is 0 Å². The summed E-state index contributed by atoms with van der Waals surface area (Å²) in [6.07, 6.45) is 0.366. The summed E-state index contributed by atoms with van der Waals surface area (Å²) in [5.74, 6) is 0. The van der Waals surface area contributed by atoms with E-state index in [2.05, 4.69) is 50.1 Å². The first kappa shape index (κ1) is 11.7. The number of aryl methyl sites for hydroxylation is 1. The van der Waals surface area contributed by atoms with Crippen LogP contribution in [0, 0.1) is 11.3 Å². The lowest BCUT2D eigenvalue weighted by Crippen LogP contribution is -2.11. The van der Waals surface area contributed by atoms with Crippen molar-refractivity contribution in [3.8, 4) is 6.07 Å². The normalized spacial score (nSPS) is 11.7. The van der Waals surface area contributed by atoms with Gasteiger partial charge in [-0.05, 0) is 17.0 Å². The van der Waals surface area contributed by atoms with Gasteiger partial charge in [-0.15, -0.1) is 0 Å². The highest BCUT2D eigenvalue weighted by Crippen LogP contribution is 2.31. The number of nitriles is 1. The Morgan fingerprint density at radius 1 is 1.35 bits per heavy atom. The number of nitrogens with zero attached hydrogens (tertiary/aromatic N) is 3. The maximum Gasteiger partial charge on any atom is 0.0846 e. The fourth-order valence-electron chi connectivity index (χ4n) is 2.22. The van der Waals surface area contributed by atoms with Gasteiger partial charge >= 0.3 is 0 Å². The van der Waals surface area contributed by atoms with E-state index in [1.165, 1.54) is 5.56 Å². The minimum absolute atomic E-state index is 0.0623. The molecular weight excluding hydrogens is 210 g/mol. The van der Waals surface area contributed by atoms with Crippen molar-refractivity contribution >= 4 is 10.9 Å². The molecule has 88 valence electrons. The third-order valence-electron chi connectivity index (χ3n) is 3.00. The van der Waals surface area contributed by atoms with Crippen molar-refractivity contribution < 1.29 is 0 Å². The summed E-state index contributed by atoms with van der Waals surface area (Å²) in [6.45, 7) is 6.56. The van der Waals surface area contributed by atoms with Crippen LogP contribution in [-0.2, 0) is 18.9 Å². The Balaban J connectivity index is 2.82. The van der Waals surface area contributed by atoms with E-state index >= 15 is 0 Å². The molecule has 0 spiro atoms. The molecule has 1 aromatic heterocycles. The number of fused-ring (bicyclic) bond motifs is 1. The lowest BCUT2D eigenvalue weighted by molar-refractivity contribution is 0.595. The van der Waals surface area contributed by atoms with Crippen LogP contribution in [-0.4, -0.2) is 9.78 Å². The van der Waals surface area contributed by atoms with Gasteiger partial charge in [0.25, 0.3) is 0 Å². The van der Waals surface area contributed by atoms with Crippen LogP contribution in [0.25, 0.3) is 10.9 Å². The Morgan fingerprint density at radius 2 is 2.06 bits per heavy atom. The second-order valence-corrected chi connectivity index (χ2v) is 5.35. The average Bonchev–Trinajstić information content (AvgIpc) is 2.55. The highest BCUT2D eigenvalue weighted by Gasteiger charge is 2.20. The molecule has 0 atom stereocenters. The first-order valence-electron chi connectivity index (χ1n) is 5.77. The van der Waals surface area contributed by atoms with Crippen molar-refractivity contribution in [3.05, 3.63) is 29.5 Å². The predicted molar refractivity (Wildman–Crippen MR) is 68.7 cm³/mol. The first-order chi connectivity index (χ1) is 7.95. The van der Waals surface area contributed by atoms with Crippen LogP contribution in [0.3, 0.4) is 0 Å². The minimum Gasteiger partial charge on any atom is -0.268 e. The van der Waals surface area contributed by atoms with Crippen molar-refractivity contribution in [2.24, 2.45) is 7.05 Å². The lowest BCUT2D eigenvalue weighted by Gasteiger charge is -2.20. The molecule has 2 rings (SSSR count). The molecule has 0 amide bonds. The highest BCUT2D eigenvalue weighted by molar-refractivity contribution is 5.86. The molecule has 1 aromatic carbocycles. The van der Waals surface area contributed by atoms with Gasteiger partial charge in [0.2, 0.25) is 0 Å². The summed E-state index contributed by atoms with van der Waals surface area (Å²) in [5.41, 5.74) is 3.30. The molecule has 1 heterocycles. The summed E-state index contributed by atoms with van der Waals surface area (Å²) >= 11 is 0. The Morgan fingerprint density at radius 3 is 2.65 bits per heavy atom. The first-order valence-corrected chi connectivity index (χ1v) is 5.77. The molecule has 0 aliphatic heterocycles. The zero-order chi connectivity index (χ0) is 12.6. The molecule has 0 saturated carbocycles.